The van der Waals surface area contributed by atoms with Gasteiger partial charge in [-0.05, 0) is 29.8 Å². The molecule has 1 aromatic carbocycles. The SMILES string of the molecule is O=C1[C@@H]2CN(c3ccccn3)C[C@@H]2CN1Cc1cccc(F)c1. The topological polar surface area (TPSA) is 36.4 Å². The minimum absolute atomic E-state index is 0.0329. The van der Waals surface area contributed by atoms with Crippen molar-refractivity contribution in [3.8, 4) is 0 Å². The van der Waals surface area contributed by atoms with Gasteiger partial charge < -0.3 is 9.80 Å². The second-order valence-corrected chi connectivity index (χ2v) is 6.31. The molecule has 2 atom stereocenters. The van der Waals surface area contributed by atoms with Crippen molar-refractivity contribution in [3.05, 3.63) is 60.0 Å². The lowest BCUT2D eigenvalue weighted by molar-refractivity contribution is -0.131. The van der Waals surface area contributed by atoms with Crippen LogP contribution in [0.4, 0.5) is 10.2 Å². The van der Waals surface area contributed by atoms with Gasteiger partial charge in [-0.2, -0.15) is 0 Å². The molecule has 2 aromatic rings. The highest BCUT2D eigenvalue weighted by molar-refractivity contribution is 5.83. The quantitative estimate of drug-likeness (QED) is 0.873. The number of likely N-dealkylation sites (tertiary alicyclic amines) is 1. The fourth-order valence-electron chi connectivity index (χ4n) is 3.67. The second kappa shape index (κ2) is 5.65. The molecule has 0 spiro atoms. The first-order valence-corrected chi connectivity index (χ1v) is 7.90. The summed E-state index contributed by atoms with van der Waals surface area (Å²) in [5, 5.41) is 0. The van der Waals surface area contributed by atoms with Crippen molar-refractivity contribution >= 4 is 11.7 Å². The second-order valence-electron chi connectivity index (χ2n) is 6.31. The Morgan fingerprint density at radius 3 is 2.78 bits per heavy atom. The third-order valence-electron chi connectivity index (χ3n) is 4.76. The van der Waals surface area contributed by atoms with Gasteiger partial charge in [0.25, 0.3) is 0 Å². The van der Waals surface area contributed by atoms with E-state index >= 15 is 0 Å². The Morgan fingerprint density at radius 2 is 2.04 bits per heavy atom. The molecule has 118 valence electrons. The summed E-state index contributed by atoms with van der Waals surface area (Å²) in [6.07, 6.45) is 1.78. The highest BCUT2D eigenvalue weighted by Gasteiger charge is 2.46. The van der Waals surface area contributed by atoms with E-state index in [2.05, 4.69) is 9.88 Å². The van der Waals surface area contributed by atoms with Gasteiger partial charge in [-0.1, -0.05) is 18.2 Å². The minimum atomic E-state index is -0.254. The zero-order valence-electron chi connectivity index (χ0n) is 12.7. The molecule has 5 heteroatoms. The largest absolute Gasteiger partial charge is 0.355 e. The number of aromatic nitrogens is 1. The smallest absolute Gasteiger partial charge is 0.228 e. The standard InChI is InChI=1S/C18H18FN3O/c19-15-5-3-4-13(8-15)9-22-11-14-10-21(12-16(14)18(22)23)17-6-1-2-7-20-17/h1-8,14,16H,9-12H2/t14-,16-/m1/s1. The summed E-state index contributed by atoms with van der Waals surface area (Å²) in [6.45, 7) is 2.81. The Labute approximate surface area is 134 Å². The average Bonchev–Trinajstić information content (AvgIpc) is 3.09. The van der Waals surface area contributed by atoms with E-state index < -0.39 is 0 Å². The van der Waals surface area contributed by atoms with E-state index in [1.54, 1.807) is 12.3 Å². The van der Waals surface area contributed by atoms with Crippen LogP contribution in [0.5, 0.6) is 0 Å². The van der Waals surface area contributed by atoms with Crippen LogP contribution in [0.25, 0.3) is 0 Å². The maximum atomic E-state index is 13.3. The monoisotopic (exact) mass is 311 g/mol. The summed E-state index contributed by atoms with van der Waals surface area (Å²) >= 11 is 0. The molecule has 1 aromatic heterocycles. The third kappa shape index (κ3) is 2.67. The van der Waals surface area contributed by atoms with Gasteiger partial charge in [0, 0.05) is 38.3 Å². The van der Waals surface area contributed by atoms with E-state index in [1.807, 2.05) is 29.2 Å². The Balaban J connectivity index is 1.44. The number of fused-ring (bicyclic) bond motifs is 1. The molecule has 2 aliphatic heterocycles. The number of rotatable bonds is 3. The van der Waals surface area contributed by atoms with Gasteiger partial charge in [-0.15, -0.1) is 0 Å². The number of amides is 1. The summed E-state index contributed by atoms with van der Waals surface area (Å²) < 4.78 is 13.3. The third-order valence-corrected chi connectivity index (χ3v) is 4.76. The van der Waals surface area contributed by atoms with Crippen molar-refractivity contribution in [1.82, 2.24) is 9.88 Å². The van der Waals surface area contributed by atoms with Crippen LogP contribution < -0.4 is 4.90 Å². The number of hydrogen-bond acceptors (Lipinski definition) is 3. The first-order valence-electron chi connectivity index (χ1n) is 7.90. The molecule has 0 saturated carbocycles. The maximum absolute atomic E-state index is 13.3. The number of pyridine rings is 1. The normalized spacial score (nSPS) is 23.4. The molecule has 2 saturated heterocycles. The van der Waals surface area contributed by atoms with Crippen LogP contribution in [0.1, 0.15) is 5.56 Å². The van der Waals surface area contributed by atoms with Gasteiger partial charge in [0.2, 0.25) is 5.91 Å². The van der Waals surface area contributed by atoms with Crippen molar-refractivity contribution in [2.24, 2.45) is 11.8 Å². The van der Waals surface area contributed by atoms with Crippen molar-refractivity contribution < 1.29 is 9.18 Å². The van der Waals surface area contributed by atoms with Crippen LogP contribution in [0.15, 0.2) is 48.7 Å². The zero-order chi connectivity index (χ0) is 15.8. The Morgan fingerprint density at radius 1 is 1.13 bits per heavy atom. The Kier molecular flexibility index (Phi) is 3.48. The van der Waals surface area contributed by atoms with Crippen LogP contribution in [0.3, 0.4) is 0 Å². The van der Waals surface area contributed by atoms with Gasteiger partial charge in [0.15, 0.2) is 0 Å². The van der Waals surface area contributed by atoms with Gasteiger partial charge in [0.1, 0.15) is 11.6 Å². The number of hydrogen-bond donors (Lipinski definition) is 0. The fraction of sp³-hybridized carbons (Fsp3) is 0.333. The van der Waals surface area contributed by atoms with E-state index in [1.165, 1.54) is 12.1 Å². The molecule has 3 heterocycles. The molecule has 2 fully saturated rings. The van der Waals surface area contributed by atoms with E-state index in [0.29, 0.717) is 12.5 Å². The molecule has 4 rings (SSSR count). The molecule has 1 amide bonds. The molecule has 0 unspecified atom stereocenters. The molecule has 0 radical (unpaired) electrons. The van der Waals surface area contributed by atoms with Crippen LogP contribution in [-0.2, 0) is 11.3 Å². The molecular weight excluding hydrogens is 293 g/mol. The number of nitrogens with zero attached hydrogens (tertiary/aromatic N) is 3. The lowest BCUT2D eigenvalue weighted by atomic mass is 10.0. The Hall–Kier alpha value is -2.43. The highest BCUT2D eigenvalue weighted by Crippen LogP contribution is 2.34. The highest BCUT2D eigenvalue weighted by atomic mass is 19.1. The zero-order valence-corrected chi connectivity index (χ0v) is 12.7. The number of anilines is 1. The summed E-state index contributed by atoms with van der Waals surface area (Å²) in [7, 11) is 0. The van der Waals surface area contributed by atoms with E-state index in [-0.39, 0.29) is 17.6 Å². The summed E-state index contributed by atoms with van der Waals surface area (Å²) in [5.74, 6) is 1.23. The fourth-order valence-corrected chi connectivity index (χ4v) is 3.67. The Bertz CT molecular complexity index is 721. The van der Waals surface area contributed by atoms with Crippen molar-refractivity contribution in [2.75, 3.05) is 24.5 Å². The van der Waals surface area contributed by atoms with E-state index in [0.717, 1.165) is 31.0 Å². The number of carbonyl (C=O) groups is 1. The lowest BCUT2D eigenvalue weighted by Gasteiger charge is -2.22. The van der Waals surface area contributed by atoms with Crippen LogP contribution >= 0.6 is 0 Å². The van der Waals surface area contributed by atoms with Crippen molar-refractivity contribution in [1.29, 1.82) is 0 Å². The summed E-state index contributed by atoms with van der Waals surface area (Å²) in [5.41, 5.74) is 0.847. The molecular formula is C18H18FN3O. The predicted molar refractivity (Wildman–Crippen MR) is 85.2 cm³/mol. The van der Waals surface area contributed by atoms with Gasteiger partial charge in [-0.25, -0.2) is 9.37 Å². The van der Waals surface area contributed by atoms with Crippen LogP contribution in [-0.4, -0.2) is 35.4 Å². The molecule has 23 heavy (non-hydrogen) atoms. The number of carbonyl (C=O) groups excluding carboxylic acids is 1. The average molecular weight is 311 g/mol. The van der Waals surface area contributed by atoms with E-state index in [9.17, 15) is 9.18 Å². The molecule has 0 aliphatic carbocycles. The van der Waals surface area contributed by atoms with Crippen LogP contribution in [0.2, 0.25) is 0 Å². The summed E-state index contributed by atoms with van der Waals surface area (Å²) in [4.78, 5) is 21.1. The van der Waals surface area contributed by atoms with Gasteiger partial charge in [-0.3, -0.25) is 4.79 Å². The van der Waals surface area contributed by atoms with Crippen molar-refractivity contribution in [2.45, 2.75) is 6.54 Å². The van der Waals surface area contributed by atoms with Gasteiger partial charge >= 0.3 is 0 Å². The van der Waals surface area contributed by atoms with Crippen molar-refractivity contribution in [3.63, 3.8) is 0 Å². The van der Waals surface area contributed by atoms with E-state index in [4.69, 9.17) is 0 Å². The number of benzene rings is 1. The number of halogens is 1. The summed E-state index contributed by atoms with van der Waals surface area (Å²) in [6, 6.07) is 12.3. The molecule has 0 bridgehead atoms. The molecule has 4 nitrogen and oxygen atoms in total. The van der Waals surface area contributed by atoms with Crippen LogP contribution in [0, 0.1) is 17.7 Å². The molecule has 2 aliphatic rings. The molecule has 0 N–H and O–H groups in total. The minimum Gasteiger partial charge on any atom is -0.355 e. The first-order chi connectivity index (χ1) is 11.2. The predicted octanol–water partition coefficient (Wildman–Crippen LogP) is 2.32. The lowest BCUT2D eigenvalue weighted by Crippen LogP contribution is -2.32. The van der Waals surface area contributed by atoms with Gasteiger partial charge in [0.05, 0.1) is 5.92 Å². The first kappa shape index (κ1) is 14.2. The maximum Gasteiger partial charge on any atom is 0.228 e.